The maximum atomic E-state index is 11.2. The van der Waals surface area contributed by atoms with Crippen molar-refractivity contribution in [3.05, 3.63) is 17.7 Å². The molecule has 0 aromatic heterocycles. The van der Waals surface area contributed by atoms with Gasteiger partial charge in [-0.25, -0.2) is 4.79 Å². The van der Waals surface area contributed by atoms with E-state index >= 15 is 0 Å². The number of hydrogen-bond acceptors (Lipinski definition) is 4. The molecule has 1 aliphatic heterocycles. The number of aromatic carboxylic acids is 1. The van der Waals surface area contributed by atoms with Crippen LogP contribution < -0.4 is 14.2 Å². The number of rotatable bonds is 4. The van der Waals surface area contributed by atoms with Gasteiger partial charge in [0.2, 0.25) is 6.79 Å². The first-order chi connectivity index (χ1) is 8.87. The van der Waals surface area contributed by atoms with E-state index in [0.717, 1.165) is 6.42 Å². The Morgan fingerprint density at radius 2 is 1.95 bits per heavy atom. The average Bonchev–Trinajstić information content (AvgIpc) is 2.72. The molecule has 0 aliphatic carbocycles. The van der Waals surface area contributed by atoms with E-state index in [9.17, 15) is 9.90 Å². The van der Waals surface area contributed by atoms with Crippen molar-refractivity contribution in [2.75, 3.05) is 13.4 Å². The third kappa shape index (κ3) is 3.30. The highest BCUT2D eigenvalue weighted by Crippen LogP contribution is 2.38. The second-order valence-electron chi connectivity index (χ2n) is 5.67. The fraction of sp³-hybridized carbons (Fsp3) is 0.500. The van der Waals surface area contributed by atoms with Crippen LogP contribution in [-0.2, 0) is 0 Å². The van der Waals surface area contributed by atoms with E-state index in [4.69, 9.17) is 14.2 Å². The van der Waals surface area contributed by atoms with E-state index in [2.05, 4.69) is 20.8 Å². The fourth-order valence-electron chi connectivity index (χ4n) is 1.68. The summed E-state index contributed by atoms with van der Waals surface area (Å²) < 4.78 is 16.0. The molecule has 104 valence electrons. The van der Waals surface area contributed by atoms with Crippen LogP contribution in [0.1, 0.15) is 37.6 Å². The quantitative estimate of drug-likeness (QED) is 0.907. The van der Waals surface area contributed by atoms with Gasteiger partial charge in [0.25, 0.3) is 0 Å². The minimum absolute atomic E-state index is 0.0955. The Bertz CT molecular complexity index is 487. The lowest BCUT2D eigenvalue weighted by atomic mass is 9.93. The van der Waals surface area contributed by atoms with Crippen molar-refractivity contribution in [1.29, 1.82) is 0 Å². The third-order valence-corrected chi connectivity index (χ3v) is 2.81. The minimum Gasteiger partial charge on any atom is -0.493 e. The predicted molar refractivity (Wildman–Crippen MR) is 69.1 cm³/mol. The molecule has 1 aromatic carbocycles. The highest BCUT2D eigenvalue weighted by molar-refractivity contribution is 5.92. The molecule has 0 bridgehead atoms. The molecule has 1 N–H and O–H groups in total. The number of ether oxygens (including phenoxy) is 3. The predicted octanol–water partition coefficient (Wildman–Crippen LogP) is 2.93. The minimum atomic E-state index is -1.04. The summed E-state index contributed by atoms with van der Waals surface area (Å²) in [6.45, 7) is 6.89. The topological polar surface area (TPSA) is 65.0 Å². The molecular formula is C14H18O5. The maximum absolute atomic E-state index is 11.2. The second kappa shape index (κ2) is 4.99. The summed E-state index contributed by atoms with van der Waals surface area (Å²) in [7, 11) is 0. The lowest BCUT2D eigenvalue weighted by molar-refractivity contribution is 0.0691. The van der Waals surface area contributed by atoms with E-state index < -0.39 is 5.97 Å². The summed E-state index contributed by atoms with van der Waals surface area (Å²) in [6, 6.07) is 3.02. The Balaban J connectivity index is 2.16. The molecule has 5 heteroatoms. The van der Waals surface area contributed by atoms with Crippen LogP contribution in [0.2, 0.25) is 0 Å². The summed E-state index contributed by atoms with van der Waals surface area (Å²) in [5.74, 6) is 0.251. The summed E-state index contributed by atoms with van der Waals surface area (Å²) in [6.07, 6.45) is 0.834. The molecule has 0 unspecified atom stereocenters. The van der Waals surface area contributed by atoms with Crippen molar-refractivity contribution >= 4 is 5.97 Å². The van der Waals surface area contributed by atoms with Gasteiger partial charge in [0, 0.05) is 12.1 Å². The average molecular weight is 266 g/mol. The molecule has 0 amide bonds. The smallest absolute Gasteiger partial charge is 0.339 e. The molecular weight excluding hydrogens is 248 g/mol. The van der Waals surface area contributed by atoms with Crippen molar-refractivity contribution in [3.8, 4) is 17.2 Å². The van der Waals surface area contributed by atoms with Crippen molar-refractivity contribution in [2.45, 2.75) is 27.2 Å². The zero-order valence-electron chi connectivity index (χ0n) is 11.4. The van der Waals surface area contributed by atoms with Crippen molar-refractivity contribution < 1.29 is 24.1 Å². The molecule has 5 nitrogen and oxygen atoms in total. The van der Waals surface area contributed by atoms with Crippen LogP contribution in [0.4, 0.5) is 0 Å². The fourth-order valence-corrected chi connectivity index (χ4v) is 1.68. The summed E-state index contributed by atoms with van der Waals surface area (Å²) in [5, 5.41) is 9.18. The summed E-state index contributed by atoms with van der Waals surface area (Å²) >= 11 is 0. The Labute approximate surface area is 112 Å². The summed E-state index contributed by atoms with van der Waals surface area (Å²) in [4.78, 5) is 11.2. The third-order valence-electron chi connectivity index (χ3n) is 2.81. The normalized spacial score (nSPS) is 13.4. The van der Waals surface area contributed by atoms with Crippen LogP contribution in [0.5, 0.6) is 17.2 Å². The Morgan fingerprint density at radius 1 is 1.32 bits per heavy atom. The van der Waals surface area contributed by atoms with E-state index in [1.165, 1.54) is 6.07 Å². The number of hydrogen-bond donors (Lipinski definition) is 1. The van der Waals surface area contributed by atoms with E-state index in [0.29, 0.717) is 23.9 Å². The van der Waals surface area contributed by atoms with Gasteiger partial charge in [0.15, 0.2) is 11.5 Å². The second-order valence-corrected chi connectivity index (χ2v) is 5.67. The van der Waals surface area contributed by atoms with Crippen LogP contribution >= 0.6 is 0 Å². The molecule has 0 fully saturated rings. The highest BCUT2D eigenvalue weighted by Gasteiger charge is 2.22. The zero-order valence-corrected chi connectivity index (χ0v) is 11.4. The Morgan fingerprint density at radius 3 is 2.53 bits per heavy atom. The van der Waals surface area contributed by atoms with Gasteiger partial charge in [-0.3, -0.25) is 0 Å². The zero-order chi connectivity index (χ0) is 14.0. The molecule has 1 heterocycles. The van der Waals surface area contributed by atoms with Crippen molar-refractivity contribution in [3.63, 3.8) is 0 Å². The first-order valence-corrected chi connectivity index (χ1v) is 6.16. The van der Waals surface area contributed by atoms with Crippen LogP contribution in [-0.4, -0.2) is 24.5 Å². The number of carboxylic acids is 1. The first-order valence-electron chi connectivity index (χ1n) is 6.16. The van der Waals surface area contributed by atoms with Crippen LogP contribution in [0.15, 0.2) is 12.1 Å². The van der Waals surface area contributed by atoms with Gasteiger partial charge in [-0.2, -0.15) is 0 Å². The summed E-state index contributed by atoms with van der Waals surface area (Å²) in [5.41, 5.74) is 0.234. The lowest BCUT2D eigenvalue weighted by Gasteiger charge is -2.18. The molecule has 0 radical (unpaired) electrons. The Kier molecular flexibility index (Phi) is 3.55. The molecule has 2 rings (SSSR count). The first kappa shape index (κ1) is 13.5. The number of carboxylic acid groups (broad SMARTS) is 1. The number of fused-ring (bicyclic) bond motifs is 1. The van der Waals surface area contributed by atoms with Crippen LogP contribution in [0.3, 0.4) is 0 Å². The number of benzene rings is 1. The van der Waals surface area contributed by atoms with E-state index in [-0.39, 0.29) is 17.8 Å². The van der Waals surface area contributed by atoms with Gasteiger partial charge in [-0.1, -0.05) is 20.8 Å². The molecule has 0 spiro atoms. The SMILES string of the molecule is CC(C)(C)CCOc1cc2c(cc1C(=O)O)OCO2. The monoisotopic (exact) mass is 266 g/mol. The van der Waals surface area contributed by atoms with Crippen LogP contribution in [0.25, 0.3) is 0 Å². The van der Waals surface area contributed by atoms with Gasteiger partial charge < -0.3 is 19.3 Å². The largest absolute Gasteiger partial charge is 0.493 e. The van der Waals surface area contributed by atoms with E-state index in [1.807, 2.05) is 0 Å². The highest BCUT2D eigenvalue weighted by atomic mass is 16.7. The van der Waals surface area contributed by atoms with Crippen molar-refractivity contribution in [1.82, 2.24) is 0 Å². The maximum Gasteiger partial charge on any atom is 0.339 e. The van der Waals surface area contributed by atoms with Crippen molar-refractivity contribution in [2.24, 2.45) is 5.41 Å². The standard InChI is InChI=1S/C14H18O5/c1-14(2,3)4-5-17-10-7-12-11(18-8-19-12)6-9(10)13(15)16/h6-7H,4-5,8H2,1-3H3,(H,15,16). The van der Waals surface area contributed by atoms with Gasteiger partial charge >= 0.3 is 5.97 Å². The molecule has 1 aromatic rings. The van der Waals surface area contributed by atoms with Gasteiger partial charge in [0.1, 0.15) is 11.3 Å². The molecule has 0 atom stereocenters. The van der Waals surface area contributed by atoms with Crippen LogP contribution in [0, 0.1) is 5.41 Å². The molecule has 0 saturated heterocycles. The molecule has 19 heavy (non-hydrogen) atoms. The molecule has 0 saturated carbocycles. The van der Waals surface area contributed by atoms with Gasteiger partial charge in [0.05, 0.1) is 6.61 Å². The molecule has 1 aliphatic rings. The lowest BCUT2D eigenvalue weighted by Crippen LogP contribution is -2.12. The van der Waals surface area contributed by atoms with E-state index in [1.54, 1.807) is 6.07 Å². The van der Waals surface area contributed by atoms with Gasteiger partial charge in [-0.05, 0) is 11.8 Å². The Hall–Kier alpha value is -1.91. The van der Waals surface area contributed by atoms with Gasteiger partial charge in [-0.15, -0.1) is 0 Å². The number of carbonyl (C=O) groups is 1.